The second-order valence-electron chi connectivity index (χ2n) is 4.19. The molecule has 1 saturated carbocycles. The lowest BCUT2D eigenvalue weighted by Gasteiger charge is -2.12. The van der Waals surface area contributed by atoms with Gasteiger partial charge in [-0.2, -0.15) is 0 Å². The van der Waals surface area contributed by atoms with Gasteiger partial charge in [-0.25, -0.2) is 5.43 Å². The minimum Gasteiger partial charge on any atom is -0.465 e. The highest BCUT2D eigenvalue weighted by atomic mass is 16.3. The van der Waals surface area contributed by atoms with E-state index in [9.17, 15) is 0 Å². The Labute approximate surface area is 84.6 Å². The maximum atomic E-state index is 5.55. The Bertz CT molecular complexity index is 291. The van der Waals surface area contributed by atoms with E-state index in [0.29, 0.717) is 0 Å². The number of nitrogens with one attached hydrogen (secondary N) is 1. The maximum absolute atomic E-state index is 5.55. The molecule has 2 rings (SSSR count). The topological polar surface area (TPSA) is 51.2 Å². The van der Waals surface area contributed by atoms with Crippen LogP contribution in [0.25, 0.3) is 0 Å². The van der Waals surface area contributed by atoms with E-state index in [1.165, 1.54) is 19.3 Å². The highest BCUT2D eigenvalue weighted by Crippen LogP contribution is 2.35. The molecule has 0 spiro atoms. The van der Waals surface area contributed by atoms with Crippen LogP contribution in [0.2, 0.25) is 0 Å². The van der Waals surface area contributed by atoms with Crippen molar-refractivity contribution in [3.05, 3.63) is 23.7 Å². The Morgan fingerprint density at radius 1 is 1.57 bits per heavy atom. The molecule has 1 aliphatic rings. The van der Waals surface area contributed by atoms with E-state index in [-0.39, 0.29) is 6.04 Å². The van der Waals surface area contributed by atoms with Gasteiger partial charge in [0.05, 0.1) is 6.04 Å². The number of hydrogen-bond acceptors (Lipinski definition) is 3. The van der Waals surface area contributed by atoms with Gasteiger partial charge in [0.1, 0.15) is 11.5 Å². The van der Waals surface area contributed by atoms with Gasteiger partial charge in [-0.05, 0) is 37.8 Å². The third-order valence-corrected chi connectivity index (χ3v) is 2.87. The molecule has 1 fully saturated rings. The molecule has 1 atom stereocenters. The first-order valence-corrected chi connectivity index (χ1v) is 5.32. The van der Waals surface area contributed by atoms with E-state index in [0.717, 1.165) is 23.9 Å². The second-order valence-corrected chi connectivity index (χ2v) is 4.19. The minimum atomic E-state index is 0.185. The van der Waals surface area contributed by atoms with Gasteiger partial charge in [0.15, 0.2) is 0 Å². The third kappa shape index (κ3) is 2.36. The summed E-state index contributed by atoms with van der Waals surface area (Å²) in [5.74, 6) is 8.37. The number of rotatable bonds is 5. The fourth-order valence-corrected chi connectivity index (χ4v) is 1.76. The highest BCUT2D eigenvalue weighted by Gasteiger charge is 2.23. The summed E-state index contributed by atoms with van der Waals surface area (Å²) in [4.78, 5) is 0. The largest absolute Gasteiger partial charge is 0.465 e. The van der Waals surface area contributed by atoms with Crippen molar-refractivity contribution in [3.63, 3.8) is 0 Å². The fourth-order valence-electron chi connectivity index (χ4n) is 1.76. The quantitative estimate of drug-likeness (QED) is 0.558. The molecule has 1 aromatic heterocycles. The van der Waals surface area contributed by atoms with Crippen LogP contribution < -0.4 is 11.3 Å². The molecule has 0 saturated heterocycles. The van der Waals surface area contributed by atoms with Gasteiger partial charge in [-0.15, -0.1) is 0 Å². The van der Waals surface area contributed by atoms with Crippen LogP contribution in [-0.2, 0) is 0 Å². The lowest BCUT2D eigenvalue weighted by Crippen LogP contribution is -2.27. The summed E-state index contributed by atoms with van der Waals surface area (Å²) in [6, 6.07) is 4.17. The van der Waals surface area contributed by atoms with Crippen molar-refractivity contribution in [1.29, 1.82) is 0 Å². The molecule has 1 unspecified atom stereocenters. The maximum Gasteiger partial charge on any atom is 0.122 e. The number of furan rings is 1. The van der Waals surface area contributed by atoms with Crippen molar-refractivity contribution < 1.29 is 4.42 Å². The summed E-state index contributed by atoms with van der Waals surface area (Å²) in [5, 5.41) is 0. The molecule has 78 valence electrons. The Morgan fingerprint density at radius 2 is 2.36 bits per heavy atom. The molecule has 3 heteroatoms. The van der Waals surface area contributed by atoms with Crippen LogP contribution in [0.3, 0.4) is 0 Å². The van der Waals surface area contributed by atoms with Crippen molar-refractivity contribution in [2.24, 2.45) is 11.8 Å². The molecule has 1 aliphatic carbocycles. The van der Waals surface area contributed by atoms with E-state index in [2.05, 4.69) is 5.43 Å². The predicted molar refractivity (Wildman–Crippen MR) is 55.5 cm³/mol. The molecular weight excluding hydrogens is 176 g/mol. The standard InChI is InChI=1S/C11H18N2O/c1-8-2-7-11(14-8)10(13-12)6-5-9-3-4-9/h2,7,9-10,13H,3-6,12H2,1H3. The van der Waals surface area contributed by atoms with E-state index in [4.69, 9.17) is 10.3 Å². The zero-order valence-electron chi connectivity index (χ0n) is 8.62. The molecular formula is C11H18N2O. The van der Waals surface area contributed by atoms with E-state index in [1.807, 2.05) is 19.1 Å². The summed E-state index contributed by atoms with van der Waals surface area (Å²) in [7, 11) is 0. The summed E-state index contributed by atoms with van der Waals surface area (Å²) in [5.41, 5.74) is 2.82. The van der Waals surface area contributed by atoms with Gasteiger partial charge in [-0.3, -0.25) is 5.84 Å². The number of hydrogen-bond donors (Lipinski definition) is 2. The van der Waals surface area contributed by atoms with Crippen molar-refractivity contribution in [2.45, 2.75) is 38.6 Å². The molecule has 3 N–H and O–H groups in total. The van der Waals surface area contributed by atoms with Crippen LogP contribution >= 0.6 is 0 Å². The van der Waals surface area contributed by atoms with Crippen molar-refractivity contribution in [2.75, 3.05) is 0 Å². The van der Waals surface area contributed by atoms with Gasteiger partial charge < -0.3 is 4.42 Å². The summed E-state index contributed by atoms with van der Waals surface area (Å²) < 4.78 is 5.55. The van der Waals surface area contributed by atoms with Gasteiger partial charge in [-0.1, -0.05) is 12.8 Å². The molecule has 0 aromatic carbocycles. The molecule has 0 aliphatic heterocycles. The van der Waals surface area contributed by atoms with Crippen LogP contribution in [0, 0.1) is 12.8 Å². The lowest BCUT2D eigenvalue weighted by atomic mass is 10.1. The van der Waals surface area contributed by atoms with Crippen LogP contribution in [-0.4, -0.2) is 0 Å². The summed E-state index contributed by atoms with van der Waals surface area (Å²) in [6.07, 6.45) is 5.13. The van der Waals surface area contributed by atoms with E-state index < -0.39 is 0 Å². The first kappa shape index (κ1) is 9.74. The summed E-state index contributed by atoms with van der Waals surface area (Å²) in [6.45, 7) is 1.96. The minimum absolute atomic E-state index is 0.185. The zero-order chi connectivity index (χ0) is 9.97. The first-order valence-electron chi connectivity index (χ1n) is 5.32. The molecule has 0 bridgehead atoms. The van der Waals surface area contributed by atoms with Crippen molar-refractivity contribution in [3.8, 4) is 0 Å². The van der Waals surface area contributed by atoms with Crippen molar-refractivity contribution in [1.82, 2.24) is 5.43 Å². The zero-order valence-corrected chi connectivity index (χ0v) is 8.62. The average molecular weight is 194 g/mol. The van der Waals surface area contributed by atoms with Crippen LogP contribution in [0.4, 0.5) is 0 Å². The normalized spacial score (nSPS) is 18.4. The molecule has 3 nitrogen and oxygen atoms in total. The SMILES string of the molecule is Cc1ccc(C(CCC2CC2)NN)o1. The van der Waals surface area contributed by atoms with Gasteiger partial charge in [0.25, 0.3) is 0 Å². The van der Waals surface area contributed by atoms with Gasteiger partial charge in [0, 0.05) is 0 Å². The Morgan fingerprint density at radius 3 is 2.86 bits per heavy atom. The number of hydrazine groups is 1. The molecule has 1 heterocycles. The molecule has 0 amide bonds. The Balaban J connectivity index is 1.90. The third-order valence-electron chi connectivity index (χ3n) is 2.87. The van der Waals surface area contributed by atoms with Gasteiger partial charge >= 0.3 is 0 Å². The smallest absolute Gasteiger partial charge is 0.122 e. The lowest BCUT2D eigenvalue weighted by molar-refractivity contribution is 0.378. The highest BCUT2D eigenvalue weighted by molar-refractivity contribution is 5.09. The number of aryl methyl sites for hydroxylation is 1. The second kappa shape index (κ2) is 4.15. The van der Waals surface area contributed by atoms with Crippen LogP contribution in [0.15, 0.2) is 16.5 Å². The van der Waals surface area contributed by atoms with E-state index >= 15 is 0 Å². The predicted octanol–water partition coefficient (Wildman–Crippen LogP) is 2.28. The van der Waals surface area contributed by atoms with E-state index in [1.54, 1.807) is 0 Å². The first-order chi connectivity index (χ1) is 6.79. The molecule has 0 radical (unpaired) electrons. The van der Waals surface area contributed by atoms with Crippen molar-refractivity contribution >= 4 is 0 Å². The van der Waals surface area contributed by atoms with Crippen LogP contribution in [0.5, 0.6) is 0 Å². The Hall–Kier alpha value is -0.800. The average Bonchev–Trinajstić information content (AvgIpc) is 2.90. The number of nitrogens with two attached hydrogens (primary N) is 1. The van der Waals surface area contributed by atoms with Crippen LogP contribution in [0.1, 0.15) is 43.2 Å². The molecule has 1 aromatic rings. The monoisotopic (exact) mass is 194 g/mol. The molecule has 14 heavy (non-hydrogen) atoms. The fraction of sp³-hybridized carbons (Fsp3) is 0.636. The van der Waals surface area contributed by atoms with Gasteiger partial charge in [0.2, 0.25) is 0 Å². The Kier molecular flexibility index (Phi) is 2.89. The summed E-state index contributed by atoms with van der Waals surface area (Å²) >= 11 is 0.